The molecule has 0 spiro atoms. The van der Waals surface area contributed by atoms with Crippen molar-refractivity contribution >= 4 is 5.69 Å². The third-order valence-electron chi connectivity index (χ3n) is 2.73. The van der Waals surface area contributed by atoms with Crippen LogP contribution in [0.15, 0.2) is 18.2 Å². The van der Waals surface area contributed by atoms with Crippen LogP contribution in [-0.4, -0.2) is 24.3 Å². The number of nitrogens with two attached hydrogens (primary N) is 1. The van der Waals surface area contributed by atoms with Crippen LogP contribution >= 0.6 is 0 Å². The van der Waals surface area contributed by atoms with Crippen LogP contribution in [0.4, 0.5) is 5.69 Å². The van der Waals surface area contributed by atoms with Crippen LogP contribution in [0.25, 0.3) is 0 Å². The number of anilines is 1. The topological polar surface area (TPSA) is 58.3 Å². The van der Waals surface area contributed by atoms with Crippen molar-refractivity contribution in [2.24, 2.45) is 5.73 Å². The molecule has 0 fully saturated rings. The van der Waals surface area contributed by atoms with Crippen LogP contribution in [-0.2, 0) is 0 Å². The van der Waals surface area contributed by atoms with E-state index in [1.165, 1.54) is 11.1 Å². The Morgan fingerprint density at radius 2 is 2.06 bits per heavy atom. The zero-order valence-electron chi connectivity index (χ0n) is 10.3. The minimum Gasteiger partial charge on any atom is -0.390 e. The van der Waals surface area contributed by atoms with Gasteiger partial charge in [0.15, 0.2) is 0 Å². The molecular weight excluding hydrogens is 200 g/mol. The summed E-state index contributed by atoms with van der Waals surface area (Å²) in [6, 6.07) is 6.39. The Kier molecular flexibility index (Phi) is 4.77. The highest BCUT2D eigenvalue weighted by atomic mass is 16.3. The predicted molar refractivity (Wildman–Crippen MR) is 68.8 cm³/mol. The van der Waals surface area contributed by atoms with Crippen LogP contribution in [0.3, 0.4) is 0 Å². The molecule has 4 N–H and O–H groups in total. The highest BCUT2D eigenvalue weighted by Gasteiger charge is 2.05. The van der Waals surface area contributed by atoms with Gasteiger partial charge in [-0.3, -0.25) is 0 Å². The van der Waals surface area contributed by atoms with Crippen molar-refractivity contribution in [2.45, 2.75) is 32.8 Å². The molecule has 0 amide bonds. The van der Waals surface area contributed by atoms with Gasteiger partial charge in [-0.1, -0.05) is 26.0 Å². The molecule has 0 aliphatic rings. The van der Waals surface area contributed by atoms with Crippen LogP contribution < -0.4 is 11.1 Å². The quantitative estimate of drug-likeness (QED) is 0.712. The molecule has 0 bridgehead atoms. The van der Waals surface area contributed by atoms with Crippen molar-refractivity contribution in [1.82, 2.24) is 0 Å². The summed E-state index contributed by atoms with van der Waals surface area (Å²) in [4.78, 5) is 0. The predicted octanol–water partition coefficient (Wildman–Crippen LogP) is 1.85. The summed E-state index contributed by atoms with van der Waals surface area (Å²) in [6.45, 7) is 7.18. The minimum absolute atomic E-state index is 0.288. The third-order valence-corrected chi connectivity index (χ3v) is 2.73. The first-order valence-corrected chi connectivity index (χ1v) is 5.77. The summed E-state index contributed by atoms with van der Waals surface area (Å²) >= 11 is 0. The summed E-state index contributed by atoms with van der Waals surface area (Å²) in [7, 11) is 0. The highest BCUT2D eigenvalue weighted by Crippen LogP contribution is 2.22. The molecule has 1 aromatic carbocycles. The molecule has 90 valence electrons. The lowest BCUT2D eigenvalue weighted by molar-refractivity contribution is 0.196. The van der Waals surface area contributed by atoms with Crippen molar-refractivity contribution in [1.29, 1.82) is 0 Å². The number of rotatable bonds is 5. The summed E-state index contributed by atoms with van der Waals surface area (Å²) in [5, 5.41) is 12.6. The van der Waals surface area contributed by atoms with Gasteiger partial charge < -0.3 is 16.2 Å². The van der Waals surface area contributed by atoms with Gasteiger partial charge in [-0.15, -0.1) is 0 Å². The zero-order chi connectivity index (χ0) is 12.1. The Balaban J connectivity index is 2.74. The number of aliphatic hydroxyl groups is 1. The normalized spacial score (nSPS) is 12.9. The standard InChI is InChI=1S/C13H22N2O/c1-9(2)11-5-4-10(3)13(6-11)15-8-12(16)7-14/h4-6,9,12,15-16H,7-8,14H2,1-3H3. The van der Waals surface area contributed by atoms with Gasteiger partial charge in [0.2, 0.25) is 0 Å². The summed E-state index contributed by atoms with van der Waals surface area (Å²) in [6.07, 6.45) is -0.484. The Hall–Kier alpha value is -1.06. The second kappa shape index (κ2) is 5.87. The molecule has 0 aliphatic carbocycles. The third kappa shape index (κ3) is 3.51. The SMILES string of the molecule is Cc1ccc(C(C)C)cc1NCC(O)CN. The van der Waals surface area contributed by atoms with E-state index >= 15 is 0 Å². The summed E-state index contributed by atoms with van der Waals surface area (Å²) in [5.41, 5.74) is 8.93. The number of aryl methyl sites for hydroxylation is 1. The molecule has 3 nitrogen and oxygen atoms in total. The lowest BCUT2D eigenvalue weighted by Crippen LogP contribution is -2.28. The Morgan fingerprint density at radius 1 is 1.38 bits per heavy atom. The number of hydrogen-bond donors (Lipinski definition) is 3. The lowest BCUT2D eigenvalue weighted by Gasteiger charge is -2.15. The molecule has 0 radical (unpaired) electrons. The molecule has 0 saturated heterocycles. The van der Waals surface area contributed by atoms with E-state index in [1.54, 1.807) is 0 Å². The summed E-state index contributed by atoms with van der Waals surface area (Å²) < 4.78 is 0. The number of hydrogen-bond acceptors (Lipinski definition) is 3. The van der Waals surface area contributed by atoms with E-state index in [0.29, 0.717) is 12.5 Å². The molecular formula is C13H22N2O. The van der Waals surface area contributed by atoms with E-state index in [4.69, 9.17) is 5.73 Å². The van der Waals surface area contributed by atoms with Crippen LogP contribution in [0.1, 0.15) is 30.9 Å². The lowest BCUT2D eigenvalue weighted by atomic mass is 10.0. The van der Waals surface area contributed by atoms with E-state index in [9.17, 15) is 5.11 Å². The first-order valence-electron chi connectivity index (χ1n) is 5.77. The van der Waals surface area contributed by atoms with Gasteiger partial charge in [-0.25, -0.2) is 0 Å². The minimum atomic E-state index is -0.484. The molecule has 0 aliphatic heterocycles. The van der Waals surface area contributed by atoms with E-state index in [0.717, 1.165) is 5.69 Å². The Morgan fingerprint density at radius 3 is 2.62 bits per heavy atom. The fraction of sp³-hybridized carbons (Fsp3) is 0.538. The molecule has 16 heavy (non-hydrogen) atoms. The Labute approximate surface area is 97.7 Å². The van der Waals surface area contributed by atoms with E-state index in [2.05, 4.69) is 44.3 Å². The first-order chi connectivity index (χ1) is 7.54. The molecule has 0 heterocycles. The van der Waals surface area contributed by atoms with Crippen molar-refractivity contribution in [3.05, 3.63) is 29.3 Å². The van der Waals surface area contributed by atoms with Crippen molar-refractivity contribution in [2.75, 3.05) is 18.4 Å². The number of nitrogens with one attached hydrogen (secondary N) is 1. The van der Waals surface area contributed by atoms with Gasteiger partial charge in [0.25, 0.3) is 0 Å². The van der Waals surface area contributed by atoms with Crippen molar-refractivity contribution in [3.8, 4) is 0 Å². The van der Waals surface area contributed by atoms with Crippen LogP contribution in [0.5, 0.6) is 0 Å². The van der Waals surface area contributed by atoms with Gasteiger partial charge in [0, 0.05) is 18.8 Å². The van der Waals surface area contributed by atoms with Crippen LogP contribution in [0, 0.1) is 6.92 Å². The van der Waals surface area contributed by atoms with E-state index < -0.39 is 6.10 Å². The molecule has 1 atom stereocenters. The number of benzene rings is 1. The van der Waals surface area contributed by atoms with E-state index in [-0.39, 0.29) is 6.54 Å². The molecule has 1 aromatic rings. The van der Waals surface area contributed by atoms with Gasteiger partial charge in [0.05, 0.1) is 6.10 Å². The second-order valence-electron chi connectivity index (χ2n) is 4.50. The molecule has 3 heteroatoms. The van der Waals surface area contributed by atoms with Gasteiger partial charge in [-0.2, -0.15) is 0 Å². The van der Waals surface area contributed by atoms with Gasteiger partial charge in [0.1, 0.15) is 0 Å². The molecule has 0 saturated carbocycles. The Bertz CT molecular complexity index is 337. The largest absolute Gasteiger partial charge is 0.390 e. The van der Waals surface area contributed by atoms with Gasteiger partial charge >= 0.3 is 0 Å². The van der Waals surface area contributed by atoms with E-state index in [1.807, 2.05) is 0 Å². The fourth-order valence-corrected chi connectivity index (χ4v) is 1.50. The van der Waals surface area contributed by atoms with Crippen LogP contribution in [0.2, 0.25) is 0 Å². The highest BCUT2D eigenvalue weighted by molar-refractivity contribution is 5.53. The van der Waals surface area contributed by atoms with Gasteiger partial charge in [-0.05, 0) is 30.0 Å². The maximum atomic E-state index is 9.40. The average Bonchev–Trinajstić information content (AvgIpc) is 2.27. The zero-order valence-corrected chi connectivity index (χ0v) is 10.3. The first kappa shape index (κ1) is 13.0. The maximum absolute atomic E-state index is 9.40. The summed E-state index contributed by atoms with van der Waals surface area (Å²) in [5.74, 6) is 0.514. The number of aliphatic hydroxyl groups excluding tert-OH is 1. The average molecular weight is 222 g/mol. The fourth-order valence-electron chi connectivity index (χ4n) is 1.50. The molecule has 0 aromatic heterocycles. The van der Waals surface area contributed by atoms with Crippen molar-refractivity contribution in [3.63, 3.8) is 0 Å². The molecule has 1 rings (SSSR count). The monoisotopic (exact) mass is 222 g/mol. The smallest absolute Gasteiger partial charge is 0.0834 e. The second-order valence-corrected chi connectivity index (χ2v) is 4.50. The maximum Gasteiger partial charge on any atom is 0.0834 e. The van der Waals surface area contributed by atoms with Crippen molar-refractivity contribution < 1.29 is 5.11 Å². The molecule has 1 unspecified atom stereocenters.